The van der Waals surface area contributed by atoms with Gasteiger partial charge in [0.25, 0.3) is 0 Å². The molecule has 2 rings (SSSR count). The predicted molar refractivity (Wildman–Crippen MR) is 78.6 cm³/mol. The second-order valence-electron chi connectivity index (χ2n) is 4.98. The first kappa shape index (κ1) is 13.6. The van der Waals surface area contributed by atoms with Crippen LogP contribution in [0.1, 0.15) is 41.9 Å². The van der Waals surface area contributed by atoms with Gasteiger partial charge in [0.05, 0.1) is 11.4 Å². The van der Waals surface area contributed by atoms with Crippen molar-refractivity contribution in [1.29, 1.82) is 0 Å². The first-order valence-corrected chi connectivity index (χ1v) is 7.59. The third-order valence-corrected chi connectivity index (χ3v) is 4.56. The molecule has 2 nitrogen and oxygen atoms in total. The number of thiophene rings is 1. The van der Waals surface area contributed by atoms with Crippen LogP contribution in [0.4, 0.5) is 0 Å². The smallest absolute Gasteiger partial charge is 0.0772 e. The average Bonchev–Trinajstić information content (AvgIpc) is 2.85. The van der Waals surface area contributed by atoms with Gasteiger partial charge in [-0.25, -0.2) is 0 Å². The van der Waals surface area contributed by atoms with Gasteiger partial charge in [-0.2, -0.15) is 0 Å². The minimum absolute atomic E-state index is 0.440. The van der Waals surface area contributed by atoms with Crippen LogP contribution in [0.25, 0.3) is 0 Å². The average molecular weight is 262 g/mol. The summed E-state index contributed by atoms with van der Waals surface area (Å²) in [6.45, 7) is 1.49. The van der Waals surface area contributed by atoms with E-state index in [2.05, 4.69) is 35.9 Å². The fraction of sp³-hybridized carbons (Fsp3) is 0.600. The normalized spacial score (nSPS) is 16.6. The molecular formula is C15H22N2S. The van der Waals surface area contributed by atoms with Crippen molar-refractivity contribution in [2.45, 2.75) is 44.7 Å². The highest BCUT2D eigenvalue weighted by Crippen LogP contribution is 2.24. The summed E-state index contributed by atoms with van der Waals surface area (Å²) in [6.07, 6.45) is 6.94. The van der Waals surface area contributed by atoms with Gasteiger partial charge < -0.3 is 5.73 Å². The minimum Gasteiger partial charge on any atom is -0.320 e. The van der Waals surface area contributed by atoms with Crippen LogP contribution in [0.3, 0.4) is 0 Å². The van der Waals surface area contributed by atoms with Gasteiger partial charge in [-0.3, -0.25) is 4.90 Å². The van der Waals surface area contributed by atoms with E-state index in [1.165, 1.54) is 37.0 Å². The van der Waals surface area contributed by atoms with Crippen molar-refractivity contribution < 1.29 is 0 Å². The summed E-state index contributed by atoms with van der Waals surface area (Å²) in [5.41, 5.74) is 5.38. The molecule has 0 amide bonds. The summed E-state index contributed by atoms with van der Waals surface area (Å²) in [6, 6.07) is 5.08. The molecule has 18 heavy (non-hydrogen) atoms. The van der Waals surface area contributed by atoms with Crippen LogP contribution >= 0.6 is 11.3 Å². The Kier molecular flexibility index (Phi) is 5.25. The van der Waals surface area contributed by atoms with Crippen LogP contribution in [0.15, 0.2) is 12.1 Å². The summed E-state index contributed by atoms with van der Waals surface area (Å²) in [4.78, 5) is 5.04. The number of nitrogens with two attached hydrogens (primary N) is 1. The van der Waals surface area contributed by atoms with E-state index < -0.39 is 0 Å². The van der Waals surface area contributed by atoms with Crippen LogP contribution in [0.2, 0.25) is 0 Å². The Morgan fingerprint density at radius 1 is 1.33 bits per heavy atom. The maximum absolute atomic E-state index is 5.38. The summed E-state index contributed by atoms with van der Waals surface area (Å²) in [5, 5.41) is 0. The summed E-state index contributed by atoms with van der Waals surface area (Å²) in [7, 11) is 2.25. The highest BCUT2D eigenvalue weighted by Gasteiger charge is 2.18. The lowest BCUT2D eigenvalue weighted by Gasteiger charge is -2.30. The lowest BCUT2D eigenvalue weighted by molar-refractivity contribution is 0.186. The molecule has 1 heterocycles. The number of nitrogens with zero attached hydrogens (tertiary/aromatic N) is 1. The van der Waals surface area contributed by atoms with Crippen molar-refractivity contribution in [1.82, 2.24) is 4.90 Å². The zero-order valence-electron chi connectivity index (χ0n) is 11.1. The van der Waals surface area contributed by atoms with Crippen molar-refractivity contribution in [3.8, 4) is 11.8 Å². The largest absolute Gasteiger partial charge is 0.320 e. The number of hydrogen-bond acceptors (Lipinski definition) is 3. The van der Waals surface area contributed by atoms with Gasteiger partial charge in [0.15, 0.2) is 0 Å². The summed E-state index contributed by atoms with van der Waals surface area (Å²) >= 11 is 1.79. The molecular weight excluding hydrogens is 240 g/mol. The van der Waals surface area contributed by atoms with Gasteiger partial charge >= 0.3 is 0 Å². The molecule has 1 aromatic rings. The van der Waals surface area contributed by atoms with Crippen LogP contribution in [0, 0.1) is 11.8 Å². The first-order valence-electron chi connectivity index (χ1n) is 6.77. The molecule has 0 saturated heterocycles. The molecule has 3 heteroatoms. The Bertz CT molecular complexity index is 421. The summed E-state index contributed by atoms with van der Waals surface area (Å²) in [5.74, 6) is 6.01. The second-order valence-corrected chi connectivity index (χ2v) is 6.15. The van der Waals surface area contributed by atoms with Gasteiger partial charge in [0.2, 0.25) is 0 Å². The van der Waals surface area contributed by atoms with Crippen molar-refractivity contribution in [2.75, 3.05) is 13.6 Å². The van der Waals surface area contributed by atoms with E-state index in [1.54, 1.807) is 11.3 Å². The Labute approximate surface area is 114 Å². The Balaban J connectivity index is 1.90. The van der Waals surface area contributed by atoms with E-state index in [0.717, 1.165) is 17.5 Å². The molecule has 0 spiro atoms. The van der Waals surface area contributed by atoms with Crippen molar-refractivity contribution in [3.05, 3.63) is 21.9 Å². The fourth-order valence-electron chi connectivity index (χ4n) is 2.56. The molecule has 0 bridgehead atoms. The third kappa shape index (κ3) is 3.84. The molecule has 98 valence electrons. The van der Waals surface area contributed by atoms with Gasteiger partial charge in [0.1, 0.15) is 0 Å². The van der Waals surface area contributed by atoms with Gasteiger partial charge in [-0.15, -0.1) is 11.3 Å². The molecule has 0 atom stereocenters. The summed E-state index contributed by atoms with van der Waals surface area (Å²) < 4.78 is 0. The van der Waals surface area contributed by atoms with Crippen molar-refractivity contribution >= 4 is 11.3 Å². The molecule has 1 aliphatic rings. The van der Waals surface area contributed by atoms with Crippen LogP contribution in [-0.4, -0.2) is 24.5 Å². The standard InChI is InChI=1S/C15H22N2S/c1-17(13-6-3-2-4-7-13)12-15-10-9-14(18-15)8-5-11-16/h9-10,13H,2-4,6-7,11-12,16H2,1H3. The van der Waals surface area contributed by atoms with Gasteiger partial charge in [-0.1, -0.05) is 31.1 Å². The van der Waals surface area contributed by atoms with E-state index in [1.807, 2.05) is 0 Å². The lowest BCUT2D eigenvalue weighted by atomic mass is 9.94. The Morgan fingerprint density at radius 3 is 2.83 bits per heavy atom. The zero-order chi connectivity index (χ0) is 12.8. The fourth-order valence-corrected chi connectivity index (χ4v) is 3.51. The molecule has 0 radical (unpaired) electrons. The molecule has 1 aromatic heterocycles. The minimum atomic E-state index is 0.440. The molecule has 1 fully saturated rings. The predicted octanol–water partition coefficient (Wildman–Crippen LogP) is 2.82. The van der Waals surface area contributed by atoms with E-state index >= 15 is 0 Å². The SMILES string of the molecule is CN(Cc1ccc(C#CCN)s1)C1CCCCC1. The van der Waals surface area contributed by atoms with Crippen LogP contribution < -0.4 is 5.73 Å². The maximum Gasteiger partial charge on any atom is 0.0772 e. The molecule has 0 aromatic carbocycles. The Morgan fingerprint density at radius 2 is 2.11 bits per heavy atom. The Hall–Kier alpha value is -0.820. The zero-order valence-corrected chi connectivity index (χ0v) is 11.9. The van der Waals surface area contributed by atoms with E-state index in [4.69, 9.17) is 5.73 Å². The highest BCUT2D eigenvalue weighted by atomic mass is 32.1. The van der Waals surface area contributed by atoms with Gasteiger partial charge in [-0.05, 0) is 32.0 Å². The van der Waals surface area contributed by atoms with Crippen molar-refractivity contribution in [2.24, 2.45) is 5.73 Å². The van der Waals surface area contributed by atoms with E-state index in [0.29, 0.717) is 6.54 Å². The van der Waals surface area contributed by atoms with Crippen LogP contribution in [0.5, 0.6) is 0 Å². The van der Waals surface area contributed by atoms with Crippen LogP contribution in [-0.2, 0) is 6.54 Å². The first-order chi connectivity index (χ1) is 8.79. The second kappa shape index (κ2) is 6.94. The molecule has 1 saturated carbocycles. The van der Waals surface area contributed by atoms with E-state index in [9.17, 15) is 0 Å². The van der Waals surface area contributed by atoms with E-state index in [-0.39, 0.29) is 0 Å². The molecule has 2 N–H and O–H groups in total. The lowest BCUT2D eigenvalue weighted by Crippen LogP contribution is -2.32. The topological polar surface area (TPSA) is 29.3 Å². The number of hydrogen-bond donors (Lipinski definition) is 1. The molecule has 1 aliphatic carbocycles. The monoisotopic (exact) mass is 262 g/mol. The van der Waals surface area contributed by atoms with Crippen molar-refractivity contribution in [3.63, 3.8) is 0 Å². The molecule has 0 unspecified atom stereocenters. The van der Waals surface area contributed by atoms with Gasteiger partial charge in [0, 0.05) is 17.5 Å². The quantitative estimate of drug-likeness (QED) is 0.849. The third-order valence-electron chi connectivity index (χ3n) is 3.58. The maximum atomic E-state index is 5.38. The highest BCUT2D eigenvalue weighted by molar-refractivity contribution is 7.12. The molecule has 0 aliphatic heterocycles. The number of rotatable bonds is 3.